The van der Waals surface area contributed by atoms with E-state index in [1.54, 1.807) is 13.1 Å². The van der Waals surface area contributed by atoms with Crippen molar-refractivity contribution in [1.82, 2.24) is 4.98 Å². The molecule has 0 fully saturated rings. The van der Waals surface area contributed by atoms with Crippen LogP contribution in [0.1, 0.15) is 11.1 Å². The molecule has 0 bridgehead atoms. The molecule has 90 valence electrons. The summed E-state index contributed by atoms with van der Waals surface area (Å²) in [6, 6.07) is 2.11. The van der Waals surface area contributed by atoms with E-state index in [0.29, 0.717) is 25.1 Å². The number of nitrogens with zero attached hydrogens (tertiary/aromatic N) is 1. The van der Waals surface area contributed by atoms with E-state index in [1.807, 2.05) is 22.6 Å². The van der Waals surface area contributed by atoms with Gasteiger partial charge in [-0.25, -0.2) is 0 Å². The molecule has 1 nitrogen and oxygen atoms in total. The topological polar surface area (TPSA) is 12.9 Å². The van der Waals surface area contributed by atoms with Gasteiger partial charge in [-0.3, -0.25) is 4.98 Å². The normalized spacial score (nSPS) is 12.1. The van der Waals surface area contributed by atoms with Gasteiger partial charge in [0.15, 0.2) is 0 Å². The number of fused-ring (bicyclic) bond motifs is 1. The number of benzene rings is 1. The molecule has 0 unspecified atom stereocenters. The lowest BCUT2D eigenvalue weighted by atomic mass is 10.1. The van der Waals surface area contributed by atoms with E-state index in [1.165, 1.54) is 0 Å². The van der Waals surface area contributed by atoms with Crippen LogP contribution in [0.4, 0.5) is 13.2 Å². The zero-order valence-corrected chi connectivity index (χ0v) is 11.5. The van der Waals surface area contributed by atoms with E-state index in [0.717, 1.165) is 12.1 Å². The first-order valence-corrected chi connectivity index (χ1v) is 6.08. The monoisotopic (exact) mass is 371 g/mol. The Morgan fingerprint density at radius 2 is 1.94 bits per heavy atom. The predicted octanol–water partition coefficient (Wildman–Crippen LogP) is 4.82. The largest absolute Gasteiger partial charge is 0.416 e. The van der Waals surface area contributed by atoms with E-state index in [9.17, 15) is 13.2 Å². The van der Waals surface area contributed by atoms with Crippen LogP contribution in [0.3, 0.4) is 0 Å². The van der Waals surface area contributed by atoms with Crippen LogP contribution in [0.25, 0.3) is 10.9 Å². The Hall–Kier alpha value is -0.560. The quantitative estimate of drug-likeness (QED) is 0.605. The summed E-state index contributed by atoms with van der Waals surface area (Å²) in [5.74, 6) is 0. The van der Waals surface area contributed by atoms with E-state index < -0.39 is 11.7 Å². The number of hydrogen-bond donors (Lipinski definition) is 0. The molecule has 0 saturated carbocycles. The highest BCUT2D eigenvalue weighted by Crippen LogP contribution is 2.36. The lowest BCUT2D eigenvalue weighted by molar-refractivity contribution is -0.137. The Kier molecular flexibility index (Phi) is 3.24. The van der Waals surface area contributed by atoms with Crippen molar-refractivity contribution in [3.63, 3.8) is 0 Å². The molecular weight excluding hydrogens is 365 g/mol. The highest BCUT2D eigenvalue weighted by Gasteiger charge is 2.31. The highest BCUT2D eigenvalue weighted by atomic mass is 127. The maximum absolute atomic E-state index is 12.7. The van der Waals surface area contributed by atoms with Gasteiger partial charge < -0.3 is 0 Å². The second-order valence-electron chi connectivity index (χ2n) is 3.61. The summed E-state index contributed by atoms with van der Waals surface area (Å²) in [6.07, 6.45) is -2.82. The SMILES string of the molecule is Cc1cnc2c(I)cc(C(F)(F)F)cc2c1Cl. The molecule has 1 aromatic carbocycles. The molecule has 0 aliphatic carbocycles. The molecule has 0 aliphatic rings. The fourth-order valence-electron chi connectivity index (χ4n) is 1.49. The summed E-state index contributed by atoms with van der Waals surface area (Å²) >= 11 is 7.84. The van der Waals surface area contributed by atoms with Crippen molar-refractivity contribution in [2.45, 2.75) is 13.1 Å². The van der Waals surface area contributed by atoms with Gasteiger partial charge >= 0.3 is 6.18 Å². The summed E-state index contributed by atoms with van der Waals surface area (Å²) in [6.45, 7) is 1.71. The van der Waals surface area contributed by atoms with Crippen LogP contribution in [-0.2, 0) is 6.18 Å². The van der Waals surface area contributed by atoms with Gasteiger partial charge in [0.25, 0.3) is 0 Å². The van der Waals surface area contributed by atoms with Gasteiger partial charge in [-0.1, -0.05) is 11.6 Å². The summed E-state index contributed by atoms with van der Waals surface area (Å²) in [7, 11) is 0. The van der Waals surface area contributed by atoms with Crippen molar-refractivity contribution in [2.75, 3.05) is 0 Å². The zero-order valence-electron chi connectivity index (χ0n) is 8.57. The van der Waals surface area contributed by atoms with Crippen molar-refractivity contribution in [1.29, 1.82) is 0 Å². The lowest BCUT2D eigenvalue weighted by Gasteiger charge is -2.10. The van der Waals surface area contributed by atoms with Gasteiger partial charge in [0, 0.05) is 15.2 Å². The van der Waals surface area contributed by atoms with E-state index in [4.69, 9.17) is 11.6 Å². The minimum absolute atomic E-state index is 0.319. The maximum Gasteiger partial charge on any atom is 0.416 e. The van der Waals surface area contributed by atoms with Crippen molar-refractivity contribution in [2.24, 2.45) is 0 Å². The second kappa shape index (κ2) is 4.28. The van der Waals surface area contributed by atoms with Crippen LogP contribution in [-0.4, -0.2) is 4.98 Å². The number of rotatable bonds is 0. The molecule has 17 heavy (non-hydrogen) atoms. The van der Waals surface area contributed by atoms with Gasteiger partial charge in [0.05, 0.1) is 16.1 Å². The predicted molar refractivity (Wildman–Crippen MR) is 69.2 cm³/mol. The molecule has 0 atom stereocenters. The number of aryl methyl sites for hydroxylation is 1. The molecule has 0 spiro atoms. The Labute approximate surface area is 114 Å². The van der Waals surface area contributed by atoms with Crippen LogP contribution in [0.5, 0.6) is 0 Å². The standard InChI is InChI=1S/C11H6ClF3IN/c1-5-4-17-10-7(9(5)12)2-6(3-8(10)16)11(13,14)15/h2-4H,1H3. The molecule has 0 N–H and O–H groups in total. The molecule has 1 heterocycles. The molecule has 0 radical (unpaired) electrons. The van der Waals surface area contributed by atoms with Crippen LogP contribution in [0.15, 0.2) is 18.3 Å². The molecule has 0 aliphatic heterocycles. The van der Waals surface area contributed by atoms with Crippen molar-refractivity contribution >= 4 is 45.1 Å². The number of alkyl halides is 3. The molecule has 0 saturated heterocycles. The number of pyridine rings is 1. The minimum atomic E-state index is -4.37. The smallest absolute Gasteiger partial charge is 0.255 e. The number of aromatic nitrogens is 1. The molecule has 2 aromatic rings. The molecular formula is C11H6ClF3IN. The van der Waals surface area contributed by atoms with Gasteiger partial charge in [0.2, 0.25) is 0 Å². The second-order valence-corrected chi connectivity index (χ2v) is 5.15. The minimum Gasteiger partial charge on any atom is -0.255 e. The van der Waals surface area contributed by atoms with Crippen LogP contribution >= 0.6 is 34.2 Å². The third-order valence-corrected chi connectivity index (χ3v) is 3.68. The highest BCUT2D eigenvalue weighted by molar-refractivity contribution is 14.1. The van der Waals surface area contributed by atoms with E-state index in [-0.39, 0.29) is 0 Å². The average Bonchev–Trinajstić information content (AvgIpc) is 2.22. The first kappa shape index (κ1) is 12.9. The fourth-order valence-corrected chi connectivity index (χ4v) is 2.45. The number of hydrogen-bond acceptors (Lipinski definition) is 1. The summed E-state index contributed by atoms with van der Waals surface area (Å²) in [5.41, 5.74) is 0.451. The number of halogens is 5. The van der Waals surface area contributed by atoms with Gasteiger partial charge in [0.1, 0.15) is 0 Å². The third-order valence-electron chi connectivity index (χ3n) is 2.36. The first-order valence-electron chi connectivity index (χ1n) is 4.62. The zero-order chi connectivity index (χ0) is 12.8. The summed E-state index contributed by atoms with van der Waals surface area (Å²) in [4.78, 5) is 4.10. The molecule has 1 aromatic heterocycles. The summed E-state index contributed by atoms with van der Waals surface area (Å²) in [5, 5.41) is 0.657. The van der Waals surface area contributed by atoms with Crippen LogP contribution in [0, 0.1) is 10.5 Å². The Bertz CT molecular complexity index is 595. The maximum atomic E-state index is 12.7. The molecule has 6 heteroatoms. The summed E-state index contributed by atoms with van der Waals surface area (Å²) < 4.78 is 38.4. The molecule has 0 amide bonds. The van der Waals surface area contributed by atoms with Crippen LogP contribution < -0.4 is 0 Å². The first-order chi connectivity index (χ1) is 7.80. The molecule has 2 rings (SSSR count). The Balaban J connectivity index is 2.84. The lowest BCUT2D eigenvalue weighted by Crippen LogP contribution is -2.05. The van der Waals surface area contributed by atoms with Gasteiger partial charge in [-0.2, -0.15) is 13.2 Å². The van der Waals surface area contributed by atoms with Crippen molar-refractivity contribution < 1.29 is 13.2 Å². The van der Waals surface area contributed by atoms with Gasteiger partial charge in [-0.05, 0) is 47.2 Å². The Morgan fingerprint density at radius 1 is 1.29 bits per heavy atom. The van der Waals surface area contributed by atoms with Crippen LogP contribution in [0.2, 0.25) is 5.02 Å². The average molecular weight is 372 g/mol. The van der Waals surface area contributed by atoms with Gasteiger partial charge in [-0.15, -0.1) is 0 Å². The van der Waals surface area contributed by atoms with E-state index >= 15 is 0 Å². The Morgan fingerprint density at radius 3 is 2.53 bits per heavy atom. The fraction of sp³-hybridized carbons (Fsp3) is 0.182. The van der Waals surface area contributed by atoms with Crippen molar-refractivity contribution in [3.05, 3.63) is 38.0 Å². The van der Waals surface area contributed by atoms with Crippen molar-refractivity contribution in [3.8, 4) is 0 Å². The third kappa shape index (κ3) is 2.35. The van der Waals surface area contributed by atoms with E-state index in [2.05, 4.69) is 4.98 Å².